The van der Waals surface area contributed by atoms with Gasteiger partial charge in [0.05, 0.1) is 17.1 Å². The monoisotopic (exact) mass is 276 g/mol. The largest absolute Gasteiger partial charge is 0.397 e. The number of anilines is 3. The lowest BCUT2D eigenvalue weighted by Crippen LogP contribution is -2.11. The van der Waals surface area contributed by atoms with Crippen LogP contribution in [0, 0.1) is 0 Å². The fraction of sp³-hybridized carbons (Fsp3) is 0.231. The van der Waals surface area contributed by atoms with Gasteiger partial charge in [-0.2, -0.15) is 0 Å². The molecule has 0 aliphatic carbocycles. The third-order valence-electron chi connectivity index (χ3n) is 2.69. The molecule has 1 aromatic heterocycles. The van der Waals surface area contributed by atoms with Crippen LogP contribution in [0.1, 0.15) is 35.8 Å². The maximum Gasteiger partial charge on any atom is 0.248 e. The Labute approximate surface area is 115 Å². The van der Waals surface area contributed by atoms with Gasteiger partial charge in [0.2, 0.25) is 5.91 Å². The van der Waals surface area contributed by atoms with E-state index in [4.69, 9.17) is 11.5 Å². The minimum atomic E-state index is -0.481. The average Bonchev–Trinajstić information content (AvgIpc) is 2.80. The van der Waals surface area contributed by atoms with E-state index in [0.717, 1.165) is 10.8 Å². The molecule has 1 aromatic carbocycles. The first-order valence-corrected chi connectivity index (χ1v) is 6.77. The number of thiazole rings is 1. The van der Waals surface area contributed by atoms with E-state index in [2.05, 4.69) is 24.1 Å². The number of hydrogen-bond donors (Lipinski definition) is 3. The van der Waals surface area contributed by atoms with Crippen LogP contribution in [-0.2, 0) is 0 Å². The number of rotatable bonds is 4. The van der Waals surface area contributed by atoms with Crippen molar-refractivity contribution in [1.29, 1.82) is 0 Å². The van der Waals surface area contributed by atoms with Gasteiger partial charge in [0.15, 0.2) is 5.13 Å². The number of hydrogen-bond acceptors (Lipinski definition) is 5. The molecule has 0 saturated heterocycles. The molecule has 0 aliphatic rings. The highest BCUT2D eigenvalue weighted by Gasteiger charge is 2.09. The SMILES string of the molecule is CC(C)c1csc(Nc2cc(C(N)=O)ccc2N)n1. The third kappa shape index (κ3) is 3.03. The van der Waals surface area contributed by atoms with Crippen molar-refractivity contribution in [2.75, 3.05) is 11.1 Å². The van der Waals surface area contributed by atoms with Crippen LogP contribution in [0.2, 0.25) is 0 Å². The van der Waals surface area contributed by atoms with Crippen molar-refractivity contribution in [2.24, 2.45) is 5.73 Å². The molecule has 0 saturated carbocycles. The Bertz CT molecular complexity index is 606. The van der Waals surface area contributed by atoms with Crippen molar-refractivity contribution in [1.82, 2.24) is 4.98 Å². The molecule has 2 rings (SSSR count). The molecule has 0 spiro atoms. The maximum atomic E-state index is 11.2. The van der Waals surface area contributed by atoms with E-state index >= 15 is 0 Å². The number of amides is 1. The summed E-state index contributed by atoms with van der Waals surface area (Å²) in [6.07, 6.45) is 0. The summed E-state index contributed by atoms with van der Waals surface area (Å²) in [4.78, 5) is 15.6. The summed E-state index contributed by atoms with van der Waals surface area (Å²) < 4.78 is 0. The van der Waals surface area contributed by atoms with Gasteiger partial charge in [0.25, 0.3) is 0 Å². The Balaban J connectivity index is 2.26. The van der Waals surface area contributed by atoms with Crippen molar-refractivity contribution in [3.8, 4) is 0 Å². The summed E-state index contributed by atoms with van der Waals surface area (Å²) in [6, 6.07) is 4.89. The molecular weight excluding hydrogens is 260 g/mol. The second-order valence-corrected chi connectivity index (χ2v) is 5.38. The van der Waals surface area contributed by atoms with Crippen LogP contribution in [0.4, 0.5) is 16.5 Å². The molecule has 0 unspecified atom stereocenters. The topological polar surface area (TPSA) is 94.0 Å². The van der Waals surface area contributed by atoms with Crippen molar-refractivity contribution < 1.29 is 4.79 Å². The van der Waals surface area contributed by atoms with Gasteiger partial charge in [0.1, 0.15) is 0 Å². The predicted octanol–water partition coefficient (Wildman–Crippen LogP) is 2.69. The average molecular weight is 276 g/mol. The van der Waals surface area contributed by atoms with Crippen LogP contribution in [0.15, 0.2) is 23.6 Å². The Morgan fingerprint density at radius 3 is 2.74 bits per heavy atom. The summed E-state index contributed by atoms with van der Waals surface area (Å²) in [5.41, 5.74) is 13.7. The molecule has 19 heavy (non-hydrogen) atoms. The fourth-order valence-corrected chi connectivity index (χ4v) is 2.43. The van der Waals surface area contributed by atoms with Gasteiger partial charge in [-0.3, -0.25) is 4.79 Å². The molecule has 5 nitrogen and oxygen atoms in total. The van der Waals surface area contributed by atoms with Gasteiger partial charge in [-0.15, -0.1) is 11.3 Å². The molecule has 1 heterocycles. The zero-order valence-corrected chi connectivity index (χ0v) is 11.6. The number of nitrogens with one attached hydrogen (secondary N) is 1. The second kappa shape index (κ2) is 5.27. The zero-order valence-electron chi connectivity index (χ0n) is 10.8. The molecule has 100 valence electrons. The first-order chi connectivity index (χ1) is 8.97. The quantitative estimate of drug-likeness (QED) is 0.748. The minimum Gasteiger partial charge on any atom is -0.397 e. The van der Waals surface area contributed by atoms with Gasteiger partial charge in [-0.05, 0) is 24.1 Å². The van der Waals surface area contributed by atoms with Crippen molar-refractivity contribution in [3.05, 3.63) is 34.8 Å². The van der Waals surface area contributed by atoms with E-state index in [1.807, 2.05) is 5.38 Å². The summed E-state index contributed by atoms with van der Waals surface area (Å²) >= 11 is 1.50. The third-order valence-corrected chi connectivity index (χ3v) is 3.47. The van der Waals surface area contributed by atoms with E-state index in [1.165, 1.54) is 11.3 Å². The minimum absolute atomic E-state index is 0.376. The van der Waals surface area contributed by atoms with E-state index in [-0.39, 0.29) is 0 Å². The Morgan fingerprint density at radius 2 is 2.16 bits per heavy atom. The first kappa shape index (κ1) is 13.4. The van der Waals surface area contributed by atoms with Crippen LogP contribution in [-0.4, -0.2) is 10.9 Å². The molecule has 1 amide bonds. The number of nitrogens with zero attached hydrogens (tertiary/aromatic N) is 1. The van der Waals surface area contributed by atoms with Crippen LogP contribution < -0.4 is 16.8 Å². The van der Waals surface area contributed by atoms with E-state index in [9.17, 15) is 4.79 Å². The number of carbonyl (C=O) groups is 1. The fourth-order valence-electron chi connectivity index (χ4n) is 1.54. The summed E-state index contributed by atoms with van der Waals surface area (Å²) in [6.45, 7) is 4.17. The zero-order chi connectivity index (χ0) is 14.0. The lowest BCUT2D eigenvalue weighted by Gasteiger charge is -2.08. The highest BCUT2D eigenvalue weighted by atomic mass is 32.1. The van der Waals surface area contributed by atoms with Crippen LogP contribution in [0.5, 0.6) is 0 Å². The Kier molecular flexibility index (Phi) is 3.71. The maximum absolute atomic E-state index is 11.2. The lowest BCUT2D eigenvalue weighted by atomic mass is 10.1. The number of carbonyl (C=O) groups excluding carboxylic acids is 1. The van der Waals surface area contributed by atoms with Crippen molar-refractivity contribution in [2.45, 2.75) is 19.8 Å². The smallest absolute Gasteiger partial charge is 0.248 e. The number of nitrogens with two attached hydrogens (primary N) is 2. The number of primary amides is 1. The second-order valence-electron chi connectivity index (χ2n) is 4.52. The van der Waals surface area contributed by atoms with E-state index in [1.54, 1.807) is 18.2 Å². The highest BCUT2D eigenvalue weighted by Crippen LogP contribution is 2.28. The number of nitrogen functional groups attached to an aromatic ring is 1. The van der Waals surface area contributed by atoms with Gasteiger partial charge < -0.3 is 16.8 Å². The van der Waals surface area contributed by atoms with Gasteiger partial charge >= 0.3 is 0 Å². The van der Waals surface area contributed by atoms with E-state index in [0.29, 0.717) is 22.9 Å². The van der Waals surface area contributed by atoms with Crippen molar-refractivity contribution in [3.63, 3.8) is 0 Å². The van der Waals surface area contributed by atoms with Crippen LogP contribution in [0.25, 0.3) is 0 Å². The first-order valence-electron chi connectivity index (χ1n) is 5.89. The Hall–Kier alpha value is -2.08. The van der Waals surface area contributed by atoms with E-state index < -0.39 is 5.91 Å². The lowest BCUT2D eigenvalue weighted by molar-refractivity contribution is 0.100. The van der Waals surface area contributed by atoms with Crippen LogP contribution in [0.3, 0.4) is 0 Å². The molecular formula is C13H16N4OS. The summed E-state index contributed by atoms with van der Waals surface area (Å²) in [7, 11) is 0. The molecule has 0 fully saturated rings. The number of benzene rings is 1. The molecule has 0 aliphatic heterocycles. The van der Waals surface area contributed by atoms with Crippen molar-refractivity contribution >= 4 is 33.8 Å². The summed E-state index contributed by atoms with van der Waals surface area (Å²) in [5, 5.41) is 5.87. The standard InChI is InChI=1S/C13H16N4OS/c1-7(2)11-6-19-13(17-11)16-10-5-8(12(15)18)3-4-9(10)14/h3-7H,14H2,1-2H3,(H2,15,18)(H,16,17). The molecule has 6 heteroatoms. The number of aromatic nitrogens is 1. The summed E-state index contributed by atoms with van der Waals surface area (Å²) in [5.74, 6) is -0.105. The highest BCUT2D eigenvalue weighted by molar-refractivity contribution is 7.13. The molecule has 0 bridgehead atoms. The van der Waals surface area contributed by atoms with Gasteiger partial charge in [0, 0.05) is 10.9 Å². The normalized spacial score (nSPS) is 10.7. The Morgan fingerprint density at radius 1 is 1.42 bits per heavy atom. The predicted molar refractivity (Wildman–Crippen MR) is 78.9 cm³/mol. The van der Waals surface area contributed by atoms with Crippen LogP contribution >= 0.6 is 11.3 Å². The molecule has 2 aromatic rings. The van der Waals surface area contributed by atoms with Gasteiger partial charge in [-0.25, -0.2) is 4.98 Å². The molecule has 0 atom stereocenters. The molecule has 0 radical (unpaired) electrons. The van der Waals surface area contributed by atoms with Gasteiger partial charge in [-0.1, -0.05) is 13.8 Å². The molecule has 5 N–H and O–H groups in total.